The lowest BCUT2D eigenvalue weighted by molar-refractivity contribution is -0.129. The second-order valence-electron chi connectivity index (χ2n) is 6.88. The topological polar surface area (TPSA) is 63.9 Å². The van der Waals surface area contributed by atoms with E-state index in [1.807, 2.05) is 29.3 Å². The number of benzene rings is 1. The molecule has 1 amide bonds. The number of hydrogen-bond donors (Lipinski definition) is 0. The maximum absolute atomic E-state index is 12.8. The van der Waals surface area contributed by atoms with Crippen LogP contribution in [0.4, 0.5) is 0 Å². The van der Waals surface area contributed by atoms with Crippen molar-refractivity contribution in [3.8, 4) is 5.75 Å². The van der Waals surface area contributed by atoms with Crippen LogP contribution in [0, 0.1) is 0 Å². The third-order valence-electron chi connectivity index (χ3n) is 4.98. The molecule has 1 aromatic carbocycles. The van der Waals surface area contributed by atoms with Gasteiger partial charge in [-0.1, -0.05) is 12.1 Å². The molecular formula is C21H23N3O3S2. The number of nitrogens with zero attached hydrogens (tertiary/aromatic N) is 3. The lowest BCUT2D eigenvalue weighted by atomic mass is 10.0. The van der Waals surface area contributed by atoms with E-state index in [1.165, 1.54) is 27.5 Å². The number of amides is 1. The third-order valence-corrected chi connectivity index (χ3v) is 6.69. The van der Waals surface area contributed by atoms with Crippen molar-refractivity contribution in [2.45, 2.75) is 31.6 Å². The molecule has 0 N–H and O–H groups in total. The first-order chi connectivity index (χ1) is 14.2. The molecule has 1 unspecified atom stereocenters. The van der Waals surface area contributed by atoms with Gasteiger partial charge in [-0.25, -0.2) is 4.98 Å². The first-order valence-corrected chi connectivity index (χ1v) is 11.7. The summed E-state index contributed by atoms with van der Waals surface area (Å²) in [6.45, 7) is 3.40. The molecule has 1 aliphatic heterocycles. The molecule has 1 atom stereocenters. The average Bonchev–Trinajstić information content (AvgIpc) is 3.38. The van der Waals surface area contributed by atoms with Gasteiger partial charge in [0.05, 0.1) is 24.1 Å². The third kappa shape index (κ3) is 4.48. The molecule has 0 spiro atoms. The standard InChI is InChI=1S/C21H23N3O3S2/c1-2-27-17-7-5-15(6-8-17)18-4-3-9-23(18)20(26)14-28-13-16-12-19(25)24-10-11-29-21(24)22-16/h5-8,10-12,18H,2-4,9,13-14H2,1H3. The smallest absolute Gasteiger partial charge is 0.258 e. The minimum atomic E-state index is -0.0757. The summed E-state index contributed by atoms with van der Waals surface area (Å²) in [6, 6.07) is 9.74. The van der Waals surface area contributed by atoms with E-state index in [1.54, 1.807) is 12.3 Å². The minimum Gasteiger partial charge on any atom is -0.494 e. The van der Waals surface area contributed by atoms with E-state index in [0.717, 1.165) is 36.4 Å². The number of thioether (sulfide) groups is 1. The van der Waals surface area contributed by atoms with Crippen LogP contribution in [0.3, 0.4) is 0 Å². The Labute approximate surface area is 177 Å². The molecule has 1 fully saturated rings. The van der Waals surface area contributed by atoms with Crippen LogP contribution >= 0.6 is 23.1 Å². The minimum absolute atomic E-state index is 0.0757. The van der Waals surface area contributed by atoms with Crippen LogP contribution in [-0.2, 0) is 10.5 Å². The van der Waals surface area contributed by atoms with Crippen molar-refractivity contribution in [1.82, 2.24) is 14.3 Å². The highest BCUT2D eigenvalue weighted by molar-refractivity contribution is 7.99. The van der Waals surface area contributed by atoms with Crippen molar-refractivity contribution in [3.63, 3.8) is 0 Å². The number of carbonyl (C=O) groups excluding carboxylic acids is 1. The number of thiazole rings is 1. The molecule has 2 aromatic heterocycles. The number of aromatic nitrogens is 2. The SMILES string of the molecule is CCOc1ccc(C2CCCN2C(=O)CSCc2cc(=O)n3ccsc3n2)cc1. The number of carbonyl (C=O) groups is 1. The van der Waals surface area contributed by atoms with Crippen molar-refractivity contribution in [2.24, 2.45) is 0 Å². The second kappa shape index (κ2) is 9.00. The van der Waals surface area contributed by atoms with Gasteiger partial charge in [-0.15, -0.1) is 23.1 Å². The van der Waals surface area contributed by atoms with E-state index in [0.29, 0.717) is 23.1 Å². The Bertz CT molecular complexity index is 1050. The van der Waals surface area contributed by atoms with Crippen LogP contribution in [0.2, 0.25) is 0 Å². The van der Waals surface area contributed by atoms with Gasteiger partial charge in [0, 0.05) is 29.9 Å². The van der Waals surface area contributed by atoms with E-state index < -0.39 is 0 Å². The molecule has 0 aliphatic carbocycles. The molecule has 0 saturated carbocycles. The predicted octanol–water partition coefficient (Wildman–Crippen LogP) is 3.75. The summed E-state index contributed by atoms with van der Waals surface area (Å²) in [5.41, 5.74) is 1.80. The van der Waals surface area contributed by atoms with Gasteiger partial charge in [0.25, 0.3) is 5.56 Å². The molecule has 1 saturated heterocycles. The molecule has 0 radical (unpaired) electrons. The van der Waals surface area contributed by atoms with Gasteiger partial charge >= 0.3 is 0 Å². The summed E-state index contributed by atoms with van der Waals surface area (Å²) in [4.78, 5) is 32.1. The van der Waals surface area contributed by atoms with Crippen LogP contribution in [0.1, 0.15) is 37.1 Å². The van der Waals surface area contributed by atoms with Crippen molar-refractivity contribution >= 4 is 34.0 Å². The molecule has 4 rings (SSSR count). The van der Waals surface area contributed by atoms with Crippen LogP contribution < -0.4 is 10.3 Å². The zero-order chi connectivity index (χ0) is 20.2. The number of fused-ring (bicyclic) bond motifs is 1. The van der Waals surface area contributed by atoms with Gasteiger partial charge in [0.1, 0.15) is 5.75 Å². The average molecular weight is 430 g/mol. The maximum atomic E-state index is 12.8. The zero-order valence-corrected chi connectivity index (χ0v) is 17.9. The summed E-state index contributed by atoms with van der Waals surface area (Å²) in [6.07, 6.45) is 3.73. The predicted molar refractivity (Wildman–Crippen MR) is 117 cm³/mol. The van der Waals surface area contributed by atoms with Crippen molar-refractivity contribution in [3.05, 3.63) is 63.5 Å². The van der Waals surface area contributed by atoms with Gasteiger partial charge < -0.3 is 9.64 Å². The summed E-state index contributed by atoms with van der Waals surface area (Å²) in [7, 11) is 0. The second-order valence-corrected chi connectivity index (χ2v) is 8.74. The summed E-state index contributed by atoms with van der Waals surface area (Å²) >= 11 is 2.95. The quantitative estimate of drug-likeness (QED) is 0.572. The normalized spacial score (nSPS) is 16.4. The fraction of sp³-hybridized carbons (Fsp3) is 0.381. The molecule has 3 heterocycles. The number of rotatable bonds is 7. The number of hydrogen-bond acceptors (Lipinski definition) is 6. The van der Waals surface area contributed by atoms with E-state index in [-0.39, 0.29) is 17.5 Å². The van der Waals surface area contributed by atoms with Gasteiger partial charge in [-0.05, 0) is 37.5 Å². The Balaban J connectivity index is 1.36. The van der Waals surface area contributed by atoms with Gasteiger partial charge in [0.2, 0.25) is 5.91 Å². The van der Waals surface area contributed by atoms with Crippen LogP contribution in [0.5, 0.6) is 5.75 Å². The lowest BCUT2D eigenvalue weighted by Crippen LogP contribution is -2.32. The molecular weight excluding hydrogens is 406 g/mol. The van der Waals surface area contributed by atoms with E-state index in [4.69, 9.17) is 4.74 Å². The molecule has 1 aliphatic rings. The fourth-order valence-electron chi connectivity index (χ4n) is 3.65. The van der Waals surface area contributed by atoms with Crippen molar-refractivity contribution < 1.29 is 9.53 Å². The van der Waals surface area contributed by atoms with Gasteiger partial charge in [-0.2, -0.15) is 0 Å². The Morgan fingerprint density at radius 2 is 2.17 bits per heavy atom. The molecule has 8 heteroatoms. The summed E-state index contributed by atoms with van der Waals surface area (Å²) in [5.74, 6) is 1.93. The lowest BCUT2D eigenvalue weighted by Gasteiger charge is -2.25. The Kier molecular flexibility index (Phi) is 6.20. The monoisotopic (exact) mass is 429 g/mol. The van der Waals surface area contributed by atoms with E-state index in [9.17, 15) is 9.59 Å². The van der Waals surface area contributed by atoms with Crippen LogP contribution in [-0.4, -0.2) is 39.1 Å². The maximum Gasteiger partial charge on any atom is 0.258 e. The number of ether oxygens (including phenoxy) is 1. The number of likely N-dealkylation sites (tertiary alicyclic amines) is 1. The highest BCUT2D eigenvalue weighted by atomic mass is 32.2. The Hall–Kier alpha value is -2.32. The van der Waals surface area contributed by atoms with E-state index >= 15 is 0 Å². The van der Waals surface area contributed by atoms with Crippen molar-refractivity contribution in [1.29, 1.82) is 0 Å². The van der Waals surface area contributed by atoms with E-state index in [2.05, 4.69) is 17.1 Å². The van der Waals surface area contributed by atoms with Gasteiger partial charge in [0.15, 0.2) is 4.96 Å². The highest BCUT2D eigenvalue weighted by Crippen LogP contribution is 2.33. The molecule has 0 bridgehead atoms. The summed E-state index contributed by atoms with van der Waals surface area (Å²) < 4.78 is 7.05. The molecule has 152 valence electrons. The highest BCUT2D eigenvalue weighted by Gasteiger charge is 2.29. The Morgan fingerprint density at radius 3 is 2.97 bits per heavy atom. The molecule has 29 heavy (non-hydrogen) atoms. The van der Waals surface area contributed by atoms with Crippen LogP contribution in [0.25, 0.3) is 4.96 Å². The first kappa shape index (κ1) is 20.0. The van der Waals surface area contributed by atoms with Crippen molar-refractivity contribution in [2.75, 3.05) is 18.9 Å². The van der Waals surface area contributed by atoms with Crippen LogP contribution in [0.15, 0.2) is 46.7 Å². The molecule has 3 aromatic rings. The first-order valence-electron chi connectivity index (χ1n) is 9.71. The summed E-state index contributed by atoms with van der Waals surface area (Å²) in [5, 5.41) is 1.85. The molecule has 6 nitrogen and oxygen atoms in total. The fourth-order valence-corrected chi connectivity index (χ4v) is 5.19. The Morgan fingerprint density at radius 1 is 1.34 bits per heavy atom. The zero-order valence-electron chi connectivity index (χ0n) is 16.2. The largest absolute Gasteiger partial charge is 0.494 e. The van der Waals surface area contributed by atoms with Gasteiger partial charge in [-0.3, -0.25) is 14.0 Å².